The van der Waals surface area contributed by atoms with E-state index < -0.39 is 5.97 Å². The van der Waals surface area contributed by atoms with E-state index in [0.717, 1.165) is 25.1 Å². The molecule has 0 bridgehead atoms. The van der Waals surface area contributed by atoms with Gasteiger partial charge in [-0.05, 0) is 19.8 Å². The summed E-state index contributed by atoms with van der Waals surface area (Å²) in [6, 6.07) is 1.92. The first-order valence-electron chi connectivity index (χ1n) is 4.72. The zero-order valence-corrected chi connectivity index (χ0v) is 8.54. The molecule has 0 amide bonds. The van der Waals surface area contributed by atoms with Crippen LogP contribution in [0.15, 0.2) is 11.3 Å². The van der Waals surface area contributed by atoms with Gasteiger partial charge < -0.3 is 9.64 Å². The van der Waals surface area contributed by atoms with Gasteiger partial charge in [-0.15, -0.1) is 0 Å². The molecule has 0 spiro atoms. The molecule has 0 aromatic carbocycles. The molecule has 1 aliphatic rings. The van der Waals surface area contributed by atoms with Gasteiger partial charge in [-0.3, -0.25) is 0 Å². The fourth-order valence-corrected chi connectivity index (χ4v) is 1.56. The quantitative estimate of drug-likeness (QED) is 0.374. The Balaban J connectivity index is 2.90. The van der Waals surface area contributed by atoms with Crippen LogP contribution in [-0.4, -0.2) is 31.1 Å². The molecule has 1 fully saturated rings. The lowest BCUT2D eigenvalue weighted by molar-refractivity contribution is -0.138. The Kier molecular flexibility index (Phi) is 3.52. The van der Waals surface area contributed by atoms with Crippen molar-refractivity contribution in [2.24, 2.45) is 0 Å². The van der Waals surface area contributed by atoms with E-state index in [1.54, 1.807) is 6.92 Å². The molecule has 0 saturated carbocycles. The standard InChI is InChI=1S/C10H14N2O2/c1-3-14-10(13)8(7-11)9-5-4-6-12(9)2/h3-6H2,1-2H3. The maximum Gasteiger partial charge on any atom is 0.350 e. The van der Waals surface area contributed by atoms with E-state index in [9.17, 15) is 4.79 Å². The maximum absolute atomic E-state index is 11.4. The monoisotopic (exact) mass is 194 g/mol. The van der Waals surface area contributed by atoms with Crippen LogP contribution in [0.1, 0.15) is 19.8 Å². The molecule has 1 heterocycles. The average Bonchev–Trinajstić information content (AvgIpc) is 2.54. The van der Waals surface area contributed by atoms with Crippen LogP contribution in [0.2, 0.25) is 0 Å². The third-order valence-corrected chi connectivity index (χ3v) is 2.25. The van der Waals surface area contributed by atoms with Gasteiger partial charge in [0.25, 0.3) is 0 Å². The van der Waals surface area contributed by atoms with E-state index in [2.05, 4.69) is 0 Å². The molecule has 14 heavy (non-hydrogen) atoms. The van der Waals surface area contributed by atoms with E-state index in [-0.39, 0.29) is 5.57 Å². The Hall–Kier alpha value is -1.50. The highest BCUT2D eigenvalue weighted by molar-refractivity contribution is 5.93. The van der Waals surface area contributed by atoms with Crippen LogP contribution in [0, 0.1) is 11.3 Å². The van der Waals surface area contributed by atoms with E-state index in [1.165, 1.54) is 0 Å². The molecule has 4 nitrogen and oxygen atoms in total. The number of esters is 1. The molecule has 1 saturated heterocycles. The number of likely N-dealkylation sites (tertiary alicyclic amines) is 1. The van der Waals surface area contributed by atoms with Gasteiger partial charge in [0, 0.05) is 19.3 Å². The maximum atomic E-state index is 11.4. The number of carbonyl (C=O) groups is 1. The van der Waals surface area contributed by atoms with Crippen molar-refractivity contribution >= 4 is 5.97 Å². The van der Waals surface area contributed by atoms with Crippen molar-refractivity contribution in [3.8, 4) is 6.07 Å². The molecule has 0 aliphatic carbocycles. The summed E-state index contributed by atoms with van der Waals surface area (Å²) in [5, 5.41) is 8.87. The molecule has 0 N–H and O–H groups in total. The summed E-state index contributed by atoms with van der Waals surface area (Å²) >= 11 is 0. The Morgan fingerprint density at radius 1 is 1.71 bits per heavy atom. The van der Waals surface area contributed by atoms with E-state index in [0.29, 0.717) is 6.61 Å². The number of ether oxygens (including phenoxy) is 1. The smallest absolute Gasteiger partial charge is 0.350 e. The average molecular weight is 194 g/mol. The largest absolute Gasteiger partial charge is 0.462 e. The minimum atomic E-state index is -0.501. The minimum absolute atomic E-state index is 0.159. The lowest BCUT2D eigenvalue weighted by Crippen LogP contribution is -2.17. The number of carbonyl (C=O) groups excluding carboxylic acids is 1. The fraction of sp³-hybridized carbons (Fsp3) is 0.600. The molecule has 4 heteroatoms. The first-order chi connectivity index (χ1) is 6.70. The van der Waals surface area contributed by atoms with Crippen molar-refractivity contribution in [3.05, 3.63) is 11.3 Å². The van der Waals surface area contributed by atoms with Gasteiger partial charge in [0.1, 0.15) is 6.07 Å². The SMILES string of the molecule is CCOC(=O)C(C#N)=C1CCCN1C. The van der Waals surface area contributed by atoms with Crippen molar-refractivity contribution in [1.29, 1.82) is 5.26 Å². The van der Waals surface area contributed by atoms with E-state index >= 15 is 0 Å². The van der Waals surface area contributed by atoms with Gasteiger partial charge in [-0.2, -0.15) is 5.26 Å². The third-order valence-electron chi connectivity index (χ3n) is 2.25. The zero-order valence-electron chi connectivity index (χ0n) is 8.54. The summed E-state index contributed by atoms with van der Waals surface area (Å²) in [7, 11) is 1.89. The van der Waals surface area contributed by atoms with Crippen LogP contribution >= 0.6 is 0 Å². The first kappa shape index (κ1) is 10.6. The van der Waals surface area contributed by atoms with E-state index in [1.807, 2.05) is 18.0 Å². The molecule has 0 unspecified atom stereocenters. The summed E-state index contributed by atoms with van der Waals surface area (Å²) in [6.45, 7) is 2.94. The van der Waals surface area contributed by atoms with Crippen LogP contribution < -0.4 is 0 Å². The first-order valence-corrected chi connectivity index (χ1v) is 4.72. The molecule has 76 valence electrons. The molecule has 0 radical (unpaired) electrons. The minimum Gasteiger partial charge on any atom is -0.462 e. The fourth-order valence-electron chi connectivity index (χ4n) is 1.56. The van der Waals surface area contributed by atoms with Crippen LogP contribution in [0.25, 0.3) is 0 Å². The topological polar surface area (TPSA) is 53.3 Å². The van der Waals surface area contributed by atoms with Gasteiger partial charge in [-0.1, -0.05) is 0 Å². The number of hydrogen-bond donors (Lipinski definition) is 0. The normalized spacial score (nSPS) is 19.1. The number of nitrogens with zero attached hydrogens (tertiary/aromatic N) is 2. The van der Waals surface area contributed by atoms with Gasteiger partial charge >= 0.3 is 5.97 Å². The second kappa shape index (κ2) is 4.66. The van der Waals surface area contributed by atoms with Crippen LogP contribution in [0.5, 0.6) is 0 Å². The molecular formula is C10H14N2O2. The Bertz CT molecular complexity index is 302. The van der Waals surface area contributed by atoms with Gasteiger partial charge in [0.05, 0.1) is 6.61 Å². The van der Waals surface area contributed by atoms with Crippen LogP contribution in [-0.2, 0) is 9.53 Å². The lowest BCUT2D eigenvalue weighted by atomic mass is 10.2. The predicted octanol–water partition coefficient (Wildman–Crippen LogP) is 1.05. The summed E-state index contributed by atoms with van der Waals surface area (Å²) < 4.78 is 4.81. The molecule has 1 rings (SSSR count). The predicted molar refractivity (Wildman–Crippen MR) is 51.1 cm³/mol. The molecule has 0 aromatic rings. The summed E-state index contributed by atoms with van der Waals surface area (Å²) in [5.41, 5.74) is 0.970. The van der Waals surface area contributed by atoms with Crippen molar-refractivity contribution < 1.29 is 9.53 Å². The zero-order chi connectivity index (χ0) is 10.6. The Morgan fingerprint density at radius 2 is 2.43 bits per heavy atom. The second-order valence-electron chi connectivity index (χ2n) is 3.18. The summed E-state index contributed by atoms with van der Waals surface area (Å²) in [5.74, 6) is -0.501. The highest BCUT2D eigenvalue weighted by atomic mass is 16.5. The second-order valence-corrected chi connectivity index (χ2v) is 3.18. The van der Waals surface area contributed by atoms with Gasteiger partial charge in [0.15, 0.2) is 5.57 Å². The highest BCUT2D eigenvalue weighted by Crippen LogP contribution is 2.22. The lowest BCUT2D eigenvalue weighted by Gasteiger charge is -2.13. The Labute approximate surface area is 83.8 Å². The number of hydrogen-bond acceptors (Lipinski definition) is 4. The van der Waals surface area contributed by atoms with Crippen molar-refractivity contribution in [2.75, 3.05) is 20.2 Å². The number of allylic oxidation sites excluding steroid dienone is 1. The van der Waals surface area contributed by atoms with Gasteiger partial charge in [0.2, 0.25) is 0 Å². The highest BCUT2D eigenvalue weighted by Gasteiger charge is 2.22. The molecule has 0 aromatic heterocycles. The third kappa shape index (κ3) is 2.05. The number of nitriles is 1. The van der Waals surface area contributed by atoms with Crippen LogP contribution in [0.4, 0.5) is 0 Å². The van der Waals surface area contributed by atoms with Gasteiger partial charge in [-0.25, -0.2) is 4.79 Å². The Morgan fingerprint density at radius 3 is 2.86 bits per heavy atom. The number of rotatable bonds is 2. The molecule has 1 aliphatic heterocycles. The van der Waals surface area contributed by atoms with Crippen molar-refractivity contribution in [1.82, 2.24) is 4.90 Å². The summed E-state index contributed by atoms with van der Waals surface area (Å²) in [6.07, 6.45) is 1.79. The van der Waals surface area contributed by atoms with Crippen molar-refractivity contribution in [2.45, 2.75) is 19.8 Å². The van der Waals surface area contributed by atoms with Crippen LogP contribution in [0.3, 0.4) is 0 Å². The van der Waals surface area contributed by atoms with E-state index in [4.69, 9.17) is 10.00 Å². The molecular weight excluding hydrogens is 180 g/mol. The summed E-state index contributed by atoms with van der Waals surface area (Å²) in [4.78, 5) is 13.3. The molecule has 0 atom stereocenters. The van der Waals surface area contributed by atoms with Crippen molar-refractivity contribution in [3.63, 3.8) is 0 Å².